The van der Waals surface area contributed by atoms with Crippen molar-refractivity contribution in [2.24, 2.45) is 0 Å². The molecule has 1 heterocycles. The van der Waals surface area contributed by atoms with E-state index >= 15 is 0 Å². The molecule has 108 valence electrons. The van der Waals surface area contributed by atoms with Gasteiger partial charge in [-0.25, -0.2) is 18.4 Å². The summed E-state index contributed by atoms with van der Waals surface area (Å²) in [6.07, 6.45) is 1.96. The van der Waals surface area contributed by atoms with Crippen molar-refractivity contribution in [2.75, 3.05) is 35.7 Å². The van der Waals surface area contributed by atoms with E-state index in [2.05, 4.69) is 20.6 Å². The van der Waals surface area contributed by atoms with Gasteiger partial charge in [-0.1, -0.05) is 6.92 Å². The Morgan fingerprint density at radius 1 is 1.11 bits per heavy atom. The number of hydrogen-bond acceptors (Lipinski definition) is 6. The second-order valence-corrected chi connectivity index (χ2v) is 6.66. The first kappa shape index (κ1) is 15.7. The van der Waals surface area contributed by atoms with Crippen molar-refractivity contribution in [3.63, 3.8) is 0 Å². The van der Waals surface area contributed by atoms with E-state index in [1.54, 1.807) is 0 Å². The van der Waals surface area contributed by atoms with E-state index in [0.717, 1.165) is 30.2 Å². The molecular formula is C12H22N4O2S. The van der Waals surface area contributed by atoms with Gasteiger partial charge in [0, 0.05) is 31.3 Å². The van der Waals surface area contributed by atoms with Gasteiger partial charge in [-0.2, -0.15) is 0 Å². The maximum absolute atomic E-state index is 11.1. The van der Waals surface area contributed by atoms with Gasteiger partial charge in [0.05, 0.1) is 5.75 Å². The van der Waals surface area contributed by atoms with Gasteiger partial charge in [-0.15, -0.1) is 0 Å². The smallest absolute Gasteiger partial charge is 0.149 e. The largest absolute Gasteiger partial charge is 0.370 e. The highest BCUT2D eigenvalue weighted by molar-refractivity contribution is 7.90. The summed E-state index contributed by atoms with van der Waals surface area (Å²) in [5, 5.41) is 6.26. The number of anilines is 2. The lowest BCUT2D eigenvalue weighted by atomic mass is 10.3. The summed E-state index contributed by atoms with van der Waals surface area (Å²) in [4.78, 5) is 8.81. The quantitative estimate of drug-likeness (QED) is 0.784. The fourth-order valence-corrected chi connectivity index (χ4v) is 2.06. The van der Waals surface area contributed by atoms with Crippen molar-refractivity contribution in [1.29, 1.82) is 0 Å². The standard InChI is InChI=1S/C12H22N4O2S/c1-5-10-15-11(13-6-2)9(3)12(16-10)14-7-8-19(4,17)18/h5-8H2,1-4H3,(H2,13,14,15,16). The normalized spacial score (nSPS) is 11.4. The minimum absolute atomic E-state index is 0.0917. The molecule has 2 N–H and O–H groups in total. The Labute approximate surface area is 115 Å². The molecule has 0 spiro atoms. The van der Waals surface area contributed by atoms with Crippen LogP contribution in [-0.4, -0.2) is 43.5 Å². The van der Waals surface area contributed by atoms with Gasteiger partial charge >= 0.3 is 0 Å². The zero-order chi connectivity index (χ0) is 14.5. The average molecular weight is 286 g/mol. The summed E-state index contributed by atoms with van der Waals surface area (Å²) in [5.74, 6) is 2.33. The highest BCUT2D eigenvalue weighted by atomic mass is 32.2. The number of aryl methyl sites for hydroxylation is 1. The molecule has 0 unspecified atom stereocenters. The van der Waals surface area contributed by atoms with Crippen LogP contribution in [0.15, 0.2) is 0 Å². The van der Waals surface area contributed by atoms with E-state index < -0.39 is 9.84 Å². The number of hydrogen-bond donors (Lipinski definition) is 2. The van der Waals surface area contributed by atoms with Crippen molar-refractivity contribution in [3.05, 3.63) is 11.4 Å². The maximum atomic E-state index is 11.1. The van der Waals surface area contributed by atoms with Crippen molar-refractivity contribution in [1.82, 2.24) is 9.97 Å². The molecule has 1 aromatic rings. The van der Waals surface area contributed by atoms with E-state index in [4.69, 9.17) is 0 Å². The second kappa shape index (κ2) is 6.70. The van der Waals surface area contributed by atoms with Gasteiger partial charge in [-0.05, 0) is 13.8 Å². The molecule has 0 bridgehead atoms. The molecule has 6 nitrogen and oxygen atoms in total. The predicted octanol–water partition coefficient (Wildman–Crippen LogP) is 1.24. The molecule has 0 saturated carbocycles. The van der Waals surface area contributed by atoms with E-state index in [0.29, 0.717) is 12.4 Å². The summed E-state index contributed by atoms with van der Waals surface area (Å²) in [5.41, 5.74) is 0.910. The molecule has 0 atom stereocenters. The molecule has 0 aromatic carbocycles. The number of aromatic nitrogens is 2. The number of sulfone groups is 1. The van der Waals surface area contributed by atoms with Crippen LogP contribution in [0.3, 0.4) is 0 Å². The summed E-state index contributed by atoms with van der Waals surface area (Å²) in [7, 11) is -2.96. The Bertz CT molecular complexity index is 529. The molecule has 0 aliphatic heterocycles. The van der Waals surface area contributed by atoms with Crippen LogP contribution in [-0.2, 0) is 16.3 Å². The van der Waals surface area contributed by atoms with Gasteiger partial charge in [-0.3, -0.25) is 0 Å². The Balaban J connectivity index is 2.89. The van der Waals surface area contributed by atoms with Crippen LogP contribution in [0.25, 0.3) is 0 Å². The van der Waals surface area contributed by atoms with E-state index in [1.165, 1.54) is 6.26 Å². The minimum Gasteiger partial charge on any atom is -0.370 e. The summed E-state index contributed by atoms with van der Waals surface area (Å²) < 4.78 is 22.2. The average Bonchev–Trinajstić information content (AvgIpc) is 2.32. The zero-order valence-electron chi connectivity index (χ0n) is 11.9. The lowest BCUT2D eigenvalue weighted by Crippen LogP contribution is -2.17. The molecule has 0 radical (unpaired) electrons. The van der Waals surface area contributed by atoms with Crippen molar-refractivity contribution < 1.29 is 8.42 Å². The highest BCUT2D eigenvalue weighted by Crippen LogP contribution is 2.19. The molecule has 0 aliphatic rings. The second-order valence-electron chi connectivity index (χ2n) is 4.40. The fraction of sp³-hybridized carbons (Fsp3) is 0.667. The van der Waals surface area contributed by atoms with Crippen LogP contribution in [0, 0.1) is 6.92 Å². The minimum atomic E-state index is -2.96. The van der Waals surface area contributed by atoms with E-state index in [9.17, 15) is 8.42 Å². The fourth-order valence-electron chi connectivity index (χ4n) is 1.59. The van der Waals surface area contributed by atoms with Gasteiger partial charge in [0.25, 0.3) is 0 Å². The number of nitrogens with one attached hydrogen (secondary N) is 2. The summed E-state index contributed by atoms with van der Waals surface area (Å²) in [6, 6.07) is 0. The molecule has 19 heavy (non-hydrogen) atoms. The first-order valence-electron chi connectivity index (χ1n) is 6.40. The monoisotopic (exact) mass is 286 g/mol. The molecular weight excluding hydrogens is 264 g/mol. The van der Waals surface area contributed by atoms with Gasteiger partial charge in [0.15, 0.2) is 0 Å². The van der Waals surface area contributed by atoms with Gasteiger partial charge in [0.2, 0.25) is 0 Å². The van der Waals surface area contributed by atoms with Crippen molar-refractivity contribution >= 4 is 21.5 Å². The lowest BCUT2D eigenvalue weighted by molar-refractivity contribution is 0.602. The maximum Gasteiger partial charge on any atom is 0.149 e. The summed E-state index contributed by atoms with van der Waals surface area (Å²) in [6.45, 7) is 7.04. The highest BCUT2D eigenvalue weighted by Gasteiger charge is 2.10. The molecule has 0 saturated heterocycles. The van der Waals surface area contributed by atoms with E-state index in [1.807, 2.05) is 20.8 Å². The van der Waals surface area contributed by atoms with Gasteiger partial charge < -0.3 is 10.6 Å². The molecule has 0 aliphatic carbocycles. The predicted molar refractivity (Wildman–Crippen MR) is 78.5 cm³/mol. The third-order valence-corrected chi connectivity index (χ3v) is 3.56. The van der Waals surface area contributed by atoms with Crippen LogP contribution in [0.1, 0.15) is 25.2 Å². The lowest BCUT2D eigenvalue weighted by Gasteiger charge is -2.13. The van der Waals surface area contributed by atoms with Crippen LogP contribution < -0.4 is 10.6 Å². The molecule has 1 rings (SSSR count). The van der Waals surface area contributed by atoms with Gasteiger partial charge in [0.1, 0.15) is 27.3 Å². The Kier molecular flexibility index (Phi) is 5.53. The number of rotatable bonds is 7. The Hall–Kier alpha value is -1.37. The van der Waals surface area contributed by atoms with Crippen LogP contribution >= 0.6 is 0 Å². The molecule has 7 heteroatoms. The topological polar surface area (TPSA) is 84.0 Å². The molecule has 0 amide bonds. The van der Waals surface area contributed by atoms with Crippen LogP contribution in [0.4, 0.5) is 11.6 Å². The zero-order valence-corrected chi connectivity index (χ0v) is 12.8. The molecule has 1 aromatic heterocycles. The first-order valence-corrected chi connectivity index (χ1v) is 8.46. The number of nitrogens with zero attached hydrogens (tertiary/aromatic N) is 2. The van der Waals surface area contributed by atoms with Crippen LogP contribution in [0.5, 0.6) is 0 Å². The third-order valence-electron chi connectivity index (χ3n) is 2.62. The summed E-state index contributed by atoms with van der Waals surface area (Å²) >= 11 is 0. The van der Waals surface area contributed by atoms with Crippen LogP contribution in [0.2, 0.25) is 0 Å². The first-order chi connectivity index (χ1) is 8.87. The molecule has 0 fully saturated rings. The van der Waals surface area contributed by atoms with Crippen molar-refractivity contribution in [2.45, 2.75) is 27.2 Å². The van der Waals surface area contributed by atoms with Crippen molar-refractivity contribution in [3.8, 4) is 0 Å². The SMILES string of the molecule is CCNc1nc(CC)nc(NCCS(C)(=O)=O)c1C. The van der Waals surface area contributed by atoms with E-state index in [-0.39, 0.29) is 5.75 Å². The Morgan fingerprint density at radius 2 is 1.68 bits per heavy atom. The third kappa shape index (κ3) is 5.02. The Morgan fingerprint density at radius 3 is 2.16 bits per heavy atom.